The molecule has 0 heterocycles. The second-order valence-corrected chi connectivity index (χ2v) is 5.13. The van der Waals surface area contributed by atoms with Crippen molar-refractivity contribution in [2.45, 2.75) is 32.2 Å². The number of unbranched alkanes of at least 4 members (excludes halogenated alkanes) is 2. The fourth-order valence-corrected chi connectivity index (χ4v) is 2.06. The third-order valence-electron chi connectivity index (χ3n) is 3.38. The Balaban J connectivity index is 2.44. The predicted octanol–water partition coefficient (Wildman–Crippen LogP) is 1.52. The van der Waals surface area contributed by atoms with Gasteiger partial charge in [-0.3, -0.25) is 9.59 Å². The van der Waals surface area contributed by atoms with E-state index in [1.165, 1.54) is 0 Å². The molecule has 0 atom stereocenters. The Labute approximate surface area is 126 Å². The average Bonchev–Trinajstić information content (AvgIpc) is 2.51. The van der Waals surface area contributed by atoms with Crippen molar-refractivity contribution in [2.24, 2.45) is 5.73 Å². The Hall–Kier alpha value is -1.88. The molecule has 0 unspecified atom stereocenters. The zero-order valence-corrected chi connectivity index (χ0v) is 12.9. The van der Waals surface area contributed by atoms with E-state index in [-0.39, 0.29) is 11.8 Å². The summed E-state index contributed by atoms with van der Waals surface area (Å²) in [5.41, 5.74) is 7.06. The first-order chi connectivity index (χ1) is 10.1. The SMILES string of the molecule is CNC(=O)c1ccc(CN(C)C(=O)CCCCCN)cc1. The van der Waals surface area contributed by atoms with Crippen molar-refractivity contribution in [3.8, 4) is 0 Å². The zero-order chi connectivity index (χ0) is 15.7. The highest BCUT2D eigenvalue weighted by molar-refractivity contribution is 5.93. The molecular weight excluding hydrogens is 266 g/mol. The van der Waals surface area contributed by atoms with E-state index in [2.05, 4.69) is 5.32 Å². The van der Waals surface area contributed by atoms with E-state index in [4.69, 9.17) is 5.73 Å². The minimum absolute atomic E-state index is 0.106. The molecule has 5 nitrogen and oxygen atoms in total. The number of hydrogen-bond acceptors (Lipinski definition) is 3. The number of carbonyl (C=O) groups is 2. The van der Waals surface area contributed by atoms with Crippen LogP contribution in [-0.2, 0) is 11.3 Å². The van der Waals surface area contributed by atoms with E-state index in [1.54, 1.807) is 31.1 Å². The van der Waals surface area contributed by atoms with Gasteiger partial charge < -0.3 is 16.0 Å². The molecule has 1 aromatic carbocycles. The third kappa shape index (κ3) is 5.95. The minimum atomic E-state index is -0.106. The van der Waals surface area contributed by atoms with Crippen molar-refractivity contribution >= 4 is 11.8 Å². The molecule has 0 radical (unpaired) electrons. The van der Waals surface area contributed by atoms with Crippen LogP contribution in [0, 0.1) is 0 Å². The average molecular weight is 291 g/mol. The largest absolute Gasteiger partial charge is 0.355 e. The summed E-state index contributed by atoms with van der Waals surface area (Å²) in [7, 11) is 3.41. The molecule has 0 saturated carbocycles. The lowest BCUT2D eigenvalue weighted by Crippen LogP contribution is -2.26. The Morgan fingerprint density at radius 1 is 1.14 bits per heavy atom. The molecule has 1 rings (SSSR count). The number of amides is 2. The molecular formula is C16H25N3O2. The van der Waals surface area contributed by atoms with Crippen LogP contribution >= 0.6 is 0 Å². The first-order valence-corrected chi connectivity index (χ1v) is 7.33. The van der Waals surface area contributed by atoms with Crippen molar-refractivity contribution in [2.75, 3.05) is 20.6 Å². The Morgan fingerprint density at radius 2 is 1.81 bits per heavy atom. The second kappa shape index (κ2) is 9.13. The number of rotatable bonds is 8. The van der Waals surface area contributed by atoms with Gasteiger partial charge in [0.15, 0.2) is 0 Å². The van der Waals surface area contributed by atoms with Crippen molar-refractivity contribution < 1.29 is 9.59 Å². The molecule has 0 bridgehead atoms. The number of nitrogens with two attached hydrogens (primary N) is 1. The summed E-state index contributed by atoms with van der Waals surface area (Å²) < 4.78 is 0. The van der Waals surface area contributed by atoms with Gasteiger partial charge >= 0.3 is 0 Å². The Morgan fingerprint density at radius 3 is 2.38 bits per heavy atom. The van der Waals surface area contributed by atoms with E-state index in [0.29, 0.717) is 25.1 Å². The normalized spacial score (nSPS) is 10.2. The molecule has 0 saturated heterocycles. The third-order valence-corrected chi connectivity index (χ3v) is 3.38. The summed E-state index contributed by atoms with van der Waals surface area (Å²) in [6.45, 7) is 1.24. The lowest BCUT2D eigenvalue weighted by Gasteiger charge is -2.17. The molecule has 3 N–H and O–H groups in total. The van der Waals surface area contributed by atoms with Crippen LogP contribution in [0.15, 0.2) is 24.3 Å². The van der Waals surface area contributed by atoms with Crippen LogP contribution < -0.4 is 11.1 Å². The van der Waals surface area contributed by atoms with Crippen LogP contribution in [0.2, 0.25) is 0 Å². The molecule has 0 aromatic heterocycles. The highest BCUT2D eigenvalue weighted by Crippen LogP contribution is 2.09. The van der Waals surface area contributed by atoms with Gasteiger partial charge in [0.1, 0.15) is 0 Å². The van der Waals surface area contributed by atoms with Crippen LogP contribution in [0.4, 0.5) is 0 Å². The van der Waals surface area contributed by atoms with Gasteiger partial charge in [0.25, 0.3) is 5.91 Å². The fraction of sp³-hybridized carbons (Fsp3) is 0.500. The lowest BCUT2D eigenvalue weighted by atomic mass is 10.1. The first-order valence-electron chi connectivity index (χ1n) is 7.33. The standard InChI is InChI=1S/C16H25N3O2/c1-18-16(21)14-9-7-13(8-10-14)12-19(2)15(20)6-4-3-5-11-17/h7-10H,3-6,11-12,17H2,1-2H3,(H,18,21). The van der Waals surface area contributed by atoms with Gasteiger partial charge in [-0.15, -0.1) is 0 Å². The lowest BCUT2D eigenvalue weighted by molar-refractivity contribution is -0.130. The smallest absolute Gasteiger partial charge is 0.251 e. The maximum Gasteiger partial charge on any atom is 0.251 e. The Kier molecular flexibility index (Phi) is 7.46. The number of nitrogens with one attached hydrogen (secondary N) is 1. The minimum Gasteiger partial charge on any atom is -0.355 e. The summed E-state index contributed by atoms with van der Waals surface area (Å²) in [6.07, 6.45) is 3.41. The van der Waals surface area contributed by atoms with Gasteiger partial charge in [-0.2, -0.15) is 0 Å². The van der Waals surface area contributed by atoms with Crippen molar-refractivity contribution in [1.82, 2.24) is 10.2 Å². The first kappa shape index (κ1) is 17.2. The molecule has 0 aliphatic carbocycles. The predicted molar refractivity (Wildman–Crippen MR) is 83.8 cm³/mol. The molecule has 116 valence electrons. The number of nitrogens with zero attached hydrogens (tertiary/aromatic N) is 1. The number of hydrogen-bond donors (Lipinski definition) is 2. The van der Waals surface area contributed by atoms with E-state index in [9.17, 15) is 9.59 Å². The highest BCUT2D eigenvalue weighted by Gasteiger charge is 2.09. The maximum atomic E-state index is 12.0. The Bertz CT molecular complexity index is 457. The molecule has 1 aromatic rings. The highest BCUT2D eigenvalue weighted by atomic mass is 16.2. The fourth-order valence-electron chi connectivity index (χ4n) is 2.06. The molecule has 5 heteroatoms. The van der Waals surface area contributed by atoms with Crippen molar-refractivity contribution in [3.63, 3.8) is 0 Å². The van der Waals surface area contributed by atoms with E-state index < -0.39 is 0 Å². The summed E-state index contributed by atoms with van der Waals surface area (Å²) in [5.74, 6) is 0.0354. The van der Waals surface area contributed by atoms with Gasteiger partial charge in [0.2, 0.25) is 5.91 Å². The van der Waals surface area contributed by atoms with E-state index in [1.807, 2.05) is 12.1 Å². The maximum absolute atomic E-state index is 12.0. The van der Waals surface area contributed by atoms with E-state index in [0.717, 1.165) is 24.8 Å². The van der Waals surface area contributed by atoms with Crippen LogP contribution in [0.5, 0.6) is 0 Å². The summed E-state index contributed by atoms with van der Waals surface area (Å²) in [6, 6.07) is 7.30. The van der Waals surface area contributed by atoms with Gasteiger partial charge in [0, 0.05) is 32.6 Å². The van der Waals surface area contributed by atoms with Crippen LogP contribution in [-0.4, -0.2) is 37.4 Å². The summed E-state index contributed by atoms with van der Waals surface area (Å²) >= 11 is 0. The second-order valence-electron chi connectivity index (χ2n) is 5.13. The summed E-state index contributed by atoms with van der Waals surface area (Å²) in [5, 5.41) is 2.58. The molecule has 0 aliphatic rings. The van der Waals surface area contributed by atoms with Crippen molar-refractivity contribution in [1.29, 1.82) is 0 Å². The quantitative estimate of drug-likeness (QED) is 0.713. The van der Waals surface area contributed by atoms with Gasteiger partial charge in [-0.1, -0.05) is 18.6 Å². The molecule has 0 fully saturated rings. The number of carbonyl (C=O) groups excluding carboxylic acids is 2. The van der Waals surface area contributed by atoms with Crippen LogP contribution in [0.25, 0.3) is 0 Å². The van der Waals surface area contributed by atoms with Crippen LogP contribution in [0.3, 0.4) is 0 Å². The van der Waals surface area contributed by atoms with Gasteiger partial charge in [-0.25, -0.2) is 0 Å². The zero-order valence-electron chi connectivity index (χ0n) is 12.9. The number of benzene rings is 1. The summed E-state index contributed by atoms with van der Waals surface area (Å²) in [4.78, 5) is 25.1. The monoisotopic (exact) mass is 291 g/mol. The van der Waals surface area contributed by atoms with Gasteiger partial charge in [-0.05, 0) is 37.1 Å². The topological polar surface area (TPSA) is 75.4 Å². The molecule has 0 spiro atoms. The van der Waals surface area contributed by atoms with Gasteiger partial charge in [0.05, 0.1) is 0 Å². The molecule has 21 heavy (non-hydrogen) atoms. The van der Waals surface area contributed by atoms with Crippen LogP contribution in [0.1, 0.15) is 41.6 Å². The van der Waals surface area contributed by atoms with E-state index >= 15 is 0 Å². The van der Waals surface area contributed by atoms with Crippen molar-refractivity contribution in [3.05, 3.63) is 35.4 Å². The molecule has 2 amide bonds. The molecule has 0 aliphatic heterocycles.